The molecule has 294 valence electrons. The van der Waals surface area contributed by atoms with Gasteiger partial charge in [0.25, 0.3) is 5.91 Å². The third-order valence-electron chi connectivity index (χ3n) is 10.7. The lowest BCUT2D eigenvalue weighted by Crippen LogP contribution is -2.48. The minimum Gasteiger partial charge on any atom is -0.497 e. The van der Waals surface area contributed by atoms with E-state index in [4.69, 9.17) is 9.47 Å². The van der Waals surface area contributed by atoms with Crippen molar-refractivity contribution < 1.29 is 38.6 Å². The smallest absolute Gasteiger partial charge is 0.306 e. The number of hydrogen-bond acceptors (Lipinski definition) is 10. The molecule has 2 unspecified atom stereocenters. The predicted octanol–water partition coefficient (Wildman–Crippen LogP) is 6.19. The Labute approximate surface area is 319 Å². The number of rotatable bonds is 20. The fraction of sp³-hybridized carbons (Fsp3) is 0.650. The molecular formula is C40H60N4O8S. The molecule has 7 atom stereocenters. The molecule has 2 N–H and O–H groups in total. The first-order valence-corrected chi connectivity index (χ1v) is 19.7. The molecule has 0 aliphatic carbocycles. The van der Waals surface area contributed by atoms with E-state index in [1.54, 1.807) is 31.4 Å². The van der Waals surface area contributed by atoms with Crippen LogP contribution in [-0.2, 0) is 30.3 Å². The number of benzene rings is 1. The maximum Gasteiger partial charge on any atom is 0.306 e. The van der Waals surface area contributed by atoms with Gasteiger partial charge in [0, 0.05) is 50.2 Å². The number of aliphatic carboxylic acids is 1. The molecule has 2 amide bonds. The van der Waals surface area contributed by atoms with Crippen LogP contribution < -0.4 is 10.1 Å². The van der Waals surface area contributed by atoms with Crippen molar-refractivity contribution in [1.29, 1.82) is 0 Å². The highest BCUT2D eigenvalue weighted by molar-refractivity contribution is 7.09. The van der Waals surface area contributed by atoms with E-state index in [9.17, 15) is 29.1 Å². The average molecular weight is 757 g/mol. The highest BCUT2D eigenvalue weighted by Gasteiger charge is 2.37. The lowest BCUT2D eigenvalue weighted by atomic mass is 9.83. The Morgan fingerprint density at radius 2 is 1.75 bits per heavy atom. The number of thiazole rings is 1. The van der Waals surface area contributed by atoms with Gasteiger partial charge in [0.15, 0.2) is 11.9 Å². The van der Waals surface area contributed by atoms with E-state index in [2.05, 4.69) is 15.2 Å². The Bertz CT molecular complexity index is 1530. The van der Waals surface area contributed by atoms with Crippen LogP contribution >= 0.6 is 11.3 Å². The van der Waals surface area contributed by atoms with Crippen LogP contribution in [0.3, 0.4) is 0 Å². The first kappa shape index (κ1) is 43.6. The van der Waals surface area contributed by atoms with E-state index in [-0.39, 0.29) is 60.6 Å². The third-order valence-corrected chi connectivity index (χ3v) is 11.6. The largest absolute Gasteiger partial charge is 0.497 e. The van der Waals surface area contributed by atoms with Crippen LogP contribution in [0.2, 0.25) is 0 Å². The monoisotopic (exact) mass is 756 g/mol. The van der Waals surface area contributed by atoms with Gasteiger partial charge in [0.2, 0.25) is 5.91 Å². The van der Waals surface area contributed by atoms with E-state index in [1.807, 2.05) is 59.0 Å². The zero-order chi connectivity index (χ0) is 39.4. The number of ether oxygens (including phenoxy) is 2. The summed E-state index contributed by atoms with van der Waals surface area (Å²) < 4.78 is 11.0. The van der Waals surface area contributed by atoms with Crippen molar-refractivity contribution >= 4 is 40.9 Å². The Morgan fingerprint density at radius 3 is 2.32 bits per heavy atom. The predicted molar refractivity (Wildman–Crippen MR) is 205 cm³/mol. The highest BCUT2D eigenvalue weighted by Crippen LogP contribution is 2.33. The molecule has 2 heterocycles. The number of amides is 2. The number of esters is 1. The van der Waals surface area contributed by atoms with Gasteiger partial charge in [-0.3, -0.25) is 28.9 Å². The van der Waals surface area contributed by atoms with Gasteiger partial charge in [-0.15, -0.1) is 11.3 Å². The summed E-state index contributed by atoms with van der Waals surface area (Å²) in [4.78, 5) is 73.8. The summed E-state index contributed by atoms with van der Waals surface area (Å²) in [6, 6.07) is 6.35. The number of methoxy groups -OCH3 is 1. The van der Waals surface area contributed by atoms with Gasteiger partial charge in [-0.05, 0) is 68.8 Å². The number of piperidine rings is 1. The van der Waals surface area contributed by atoms with Crippen molar-refractivity contribution in [3.05, 3.63) is 45.9 Å². The van der Waals surface area contributed by atoms with Crippen molar-refractivity contribution in [2.45, 2.75) is 117 Å². The van der Waals surface area contributed by atoms with Gasteiger partial charge in [-0.2, -0.15) is 0 Å². The number of nitrogens with one attached hydrogen (secondary N) is 1. The van der Waals surface area contributed by atoms with Gasteiger partial charge >= 0.3 is 11.9 Å². The van der Waals surface area contributed by atoms with Crippen molar-refractivity contribution in [2.75, 3.05) is 27.7 Å². The summed E-state index contributed by atoms with van der Waals surface area (Å²) >= 11 is 1.19. The first-order chi connectivity index (χ1) is 25.1. The number of nitrogens with zero attached hydrogens (tertiary/aromatic N) is 3. The van der Waals surface area contributed by atoms with E-state index in [0.717, 1.165) is 37.8 Å². The van der Waals surface area contributed by atoms with E-state index in [0.29, 0.717) is 17.2 Å². The van der Waals surface area contributed by atoms with Crippen molar-refractivity contribution in [2.24, 2.45) is 23.7 Å². The lowest BCUT2D eigenvalue weighted by Gasteiger charge is -2.37. The molecule has 1 aliphatic rings. The van der Waals surface area contributed by atoms with Gasteiger partial charge < -0.3 is 24.8 Å². The fourth-order valence-electron chi connectivity index (χ4n) is 7.14. The zero-order valence-corrected chi connectivity index (χ0v) is 33.7. The molecule has 0 radical (unpaired) electrons. The van der Waals surface area contributed by atoms with Gasteiger partial charge in [-0.25, -0.2) is 4.98 Å². The van der Waals surface area contributed by atoms with Crippen LogP contribution in [0.4, 0.5) is 0 Å². The molecular weight excluding hydrogens is 697 g/mol. The molecule has 2 aromatic rings. The minimum absolute atomic E-state index is 0.00746. The molecule has 53 heavy (non-hydrogen) atoms. The number of likely N-dealkylation sites (N-methyl/N-ethyl adjacent to an activating group) is 1. The van der Waals surface area contributed by atoms with Crippen LogP contribution in [0.25, 0.3) is 0 Å². The van der Waals surface area contributed by atoms with E-state index >= 15 is 0 Å². The fourth-order valence-corrected chi connectivity index (χ4v) is 7.98. The third kappa shape index (κ3) is 12.6. The Morgan fingerprint density at radius 1 is 1.08 bits per heavy atom. The summed E-state index contributed by atoms with van der Waals surface area (Å²) in [6.45, 7) is 11.8. The summed E-state index contributed by atoms with van der Waals surface area (Å²) in [6.07, 6.45) is 3.84. The molecule has 12 nitrogen and oxygen atoms in total. The second kappa shape index (κ2) is 20.6. The number of carboxylic acid groups (broad SMARTS) is 1. The van der Waals surface area contributed by atoms with Gasteiger partial charge in [0.05, 0.1) is 19.1 Å². The molecule has 13 heteroatoms. The molecule has 1 aromatic carbocycles. The Balaban J connectivity index is 1.81. The number of Topliss-reactive ketones (excluding diaryl/α,β-unsaturated/α-hetero) is 1. The summed E-state index contributed by atoms with van der Waals surface area (Å²) in [5.74, 6) is -2.47. The quantitative estimate of drug-likeness (QED) is 0.150. The van der Waals surface area contributed by atoms with E-state index < -0.39 is 41.8 Å². The molecule has 1 aromatic heterocycles. The number of likely N-dealkylation sites (tertiary alicyclic amines) is 1. The molecule has 0 saturated carbocycles. The van der Waals surface area contributed by atoms with Gasteiger partial charge in [0.1, 0.15) is 16.5 Å². The number of ketones is 1. The average Bonchev–Trinajstić information content (AvgIpc) is 3.62. The normalized spacial score (nSPS) is 18.3. The number of carbonyl (C=O) groups excluding carboxylic acids is 4. The molecule has 0 spiro atoms. The van der Waals surface area contributed by atoms with Crippen molar-refractivity contribution in [3.63, 3.8) is 0 Å². The Kier molecular flexibility index (Phi) is 16.9. The maximum atomic E-state index is 14.3. The van der Waals surface area contributed by atoms with Crippen molar-refractivity contribution in [1.82, 2.24) is 20.1 Å². The van der Waals surface area contributed by atoms with Crippen LogP contribution in [0.15, 0.2) is 29.6 Å². The SMILES string of the molecule is CC[C@H](C)C(CC(=O)C1CCCCN1C)C(=O)N(C)[C@H](C[C@@H](OC(C)=O)c1nc(C(=O)N[C@@H](Cc2ccc(OC)cc2)C[C@H](C)C(=O)O)cs1)C(C)C. The number of hydrogen-bond donors (Lipinski definition) is 2. The highest BCUT2D eigenvalue weighted by atomic mass is 32.1. The van der Waals surface area contributed by atoms with Crippen molar-refractivity contribution in [3.8, 4) is 5.75 Å². The molecule has 1 aliphatic heterocycles. The molecule has 1 saturated heterocycles. The summed E-state index contributed by atoms with van der Waals surface area (Å²) in [5, 5.41) is 14.6. The molecule has 0 bridgehead atoms. The second-order valence-electron chi connectivity index (χ2n) is 15.0. The standard InChI is InChI=1S/C40H60N4O8S/c1-10-25(4)31(21-35(46)33-13-11-12-18-43(33)7)39(48)44(8)34(24(2)3)22-36(52-27(6)45)38-42-32(23-53-38)37(47)41-29(19-26(5)40(49)50)20-28-14-16-30(51-9)17-15-28/h14-17,23-26,29,31,33-34,36H,10-13,18-22H2,1-9H3,(H,41,47)(H,49,50)/t25-,26-,29+,31?,33?,34+,36+/m0/s1. The zero-order valence-electron chi connectivity index (χ0n) is 32.9. The van der Waals surface area contributed by atoms with E-state index in [1.165, 1.54) is 18.3 Å². The Hall–Kier alpha value is -3.84. The minimum atomic E-state index is -0.957. The number of aromatic nitrogens is 1. The topological polar surface area (TPSA) is 155 Å². The van der Waals surface area contributed by atoms with Crippen LogP contribution in [-0.4, -0.2) is 95.3 Å². The molecule has 1 fully saturated rings. The summed E-state index contributed by atoms with van der Waals surface area (Å²) in [5.41, 5.74) is 1.03. The van der Waals surface area contributed by atoms with Crippen LogP contribution in [0.1, 0.15) is 114 Å². The van der Waals surface area contributed by atoms with Crippen LogP contribution in [0, 0.1) is 23.7 Å². The summed E-state index contributed by atoms with van der Waals surface area (Å²) in [7, 11) is 5.31. The first-order valence-electron chi connectivity index (χ1n) is 18.8. The second-order valence-corrected chi connectivity index (χ2v) is 15.9. The van der Waals surface area contributed by atoms with Crippen LogP contribution in [0.5, 0.6) is 5.75 Å². The number of carboxylic acids is 1. The number of carbonyl (C=O) groups is 5. The maximum absolute atomic E-state index is 14.3. The van der Waals surface area contributed by atoms with Gasteiger partial charge in [-0.1, -0.05) is 59.6 Å². The lowest BCUT2D eigenvalue weighted by molar-refractivity contribution is -0.149. The molecule has 3 rings (SSSR count).